The molecule has 0 saturated heterocycles. The van der Waals surface area contributed by atoms with Crippen molar-refractivity contribution in [3.63, 3.8) is 0 Å². The van der Waals surface area contributed by atoms with Gasteiger partial charge in [-0.1, -0.05) is 55.1 Å². The first-order valence-corrected chi connectivity index (χ1v) is 8.93. The topological polar surface area (TPSA) is 64.1 Å². The van der Waals surface area contributed by atoms with Crippen LogP contribution in [0.15, 0.2) is 28.6 Å². The summed E-state index contributed by atoms with van der Waals surface area (Å²) in [5, 5.41) is 11.3. The molecule has 0 spiro atoms. The Balaban J connectivity index is 2.00. The molecule has 1 atom stereocenters. The molecule has 5 nitrogen and oxygen atoms in total. The van der Waals surface area contributed by atoms with Gasteiger partial charge in [-0.2, -0.15) is 0 Å². The number of hydrogen-bond donors (Lipinski definition) is 1. The number of nitrogens with one attached hydrogen (secondary N) is 1. The highest BCUT2D eigenvalue weighted by atomic mass is 32.2. The van der Waals surface area contributed by atoms with Gasteiger partial charge in [0.15, 0.2) is 10.4 Å². The number of aryl methyl sites for hydroxylation is 1. The van der Waals surface area contributed by atoms with Gasteiger partial charge in [0.05, 0.1) is 0 Å². The van der Waals surface area contributed by atoms with Crippen LogP contribution in [0.25, 0.3) is 0 Å². The number of thioether (sulfide) groups is 1. The van der Waals surface area contributed by atoms with E-state index in [9.17, 15) is 4.79 Å². The monoisotopic (exact) mass is 337 g/mol. The molecule has 0 saturated carbocycles. The second kappa shape index (κ2) is 8.14. The third kappa shape index (κ3) is 4.45. The summed E-state index contributed by atoms with van der Waals surface area (Å²) in [7, 11) is 0. The maximum absolute atomic E-state index is 12.3. The Morgan fingerprint density at radius 2 is 2.14 bits per heavy atom. The highest BCUT2D eigenvalue weighted by Crippen LogP contribution is 2.25. The normalized spacial score (nSPS) is 12.0. The van der Waals surface area contributed by atoms with E-state index in [1.54, 1.807) is 11.8 Å². The second-order valence-electron chi connectivity index (χ2n) is 4.58. The Labute approximate surface area is 138 Å². The van der Waals surface area contributed by atoms with E-state index in [2.05, 4.69) is 15.5 Å². The molecule has 0 fully saturated rings. The number of para-hydroxylation sites is 1. The molecule has 0 aliphatic carbocycles. The number of anilines is 1. The largest absolute Gasteiger partial charge is 0.480 e. The van der Waals surface area contributed by atoms with Crippen LogP contribution in [0.4, 0.5) is 5.13 Å². The van der Waals surface area contributed by atoms with Gasteiger partial charge in [0, 0.05) is 0 Å². The Morgan fingerprint density at radius 3 is 2.82 bits per heavy atom. The van der Waals surface area contributed by atoms with Crippen LogP contribution in [-0.2, 0) is 4.79 Å². The maximum Gasteiger partial charge on any atom is 0.267 e. The highest BCUT2D eigenvalue weighted by Gasteiger charge is 2.20. The lowest BCUT2D eigenvalue weighted by Crippen LogP contribution is -2.32. The van der Waals surface area contributed by atoms with Gasteiger partial charge in [-0.3, -0.25) is 10.1 Å². The summed E-state index contributed by atoms with van der Waals surface area (Å²) < 4.78 is 6.67. The molecule has 22 heavy (non-hydrogen) atoms. The highest BCUT2D eigenvalue weighted by molar-refractivity contribution is 8.01. The lowest BCUT2D eigenvalue weighted by molar-refractivity contribution is -0.122. The van der Waals surface area contributed by atoms with Crippen molar-refractivity contribution < 1.29 is 9.53 Å². The van der Waals surface area contributed by atoms with Crippen molar-refractivity contribution in [1.29, 1.82) is 0 Å². The summed E-state index contributed by atoms with van der Waals surface area (Å²) in [6.07, 6.45) is 0.0301. The number of rotatable bonds is 7. The summed E-state index contributed by atoms with van der Waals surface area (Å²) in [6.45, 7) is 5.92. The van der Waals surface area contributed by atoms with Crippen molar-refractivity contribution in [1.82, 2.24) is 10.2 Å². The third-order valence-electron chi connectivity index (χ3n) is 2.93. The van der Waals surface area contributed by atoms with E-state index in [1.807, 2.05) is 45.0 Å². The molecule has 118 valence electrons. The molecule has 0 aliphatic rings. The molecule has 0 bridgehead atoms. The Bertz CT molecular complexity index is 631. The molecule has 0 radical (unpaired) electrons. The van der Waals surface area contributed by atoms with Crippen LogP contribution < -0.4 is 10.1 Å². The molecular formula is C15H19N3O2S2. The number of benzene rings is 1. The Kier molecular flexibility index (Phi) is 6.21. The number of ether oxygens (including phenoxy) is 1. The van der Waals surface area contributed by atoms with Crippen LogP contribution in [0, 0.1) is 6.92 Å². The van der Waals surface area contributed by atoms with Crippen LogP contribution in [0.3, 0.4) is 0 Å². The number of carbonyl (C=O) groups excluding carboxylic acids is 1. The van der Waals surface area contributed by atoms with E-state index >= 15 is 0 Å². The summed E-state index contributed by atoms with van der Waals surface area (Å²) in [6, 6.07) is 7.66. The van der Waals surface area contributed by atoms with Crippen LogP contribution in [-0.4, -0.2) is 28.0 Å². The molecule has 1 amide bonds. The first kappa shape index (κ1) is 16.8. The fraction of sp³-hybridized carbons (Fsp3) is 0.400. The van der Waals surface area contributed by atoms with Crippen molar-refractivity contribution >= 4 is 34.1 Å². The van der Waals surface area contributed by atoms with E-state index in [1.165, 1.54) is 11.3 Å². The predicted molar refractivity (Wildman–Crippen MR) is 90.8 cm³/mol. The van der Waals surface area contributed by atoms with Crippen molar-refractivity contribution in [2.45, 2.75) is 37.6 Å². The van der Waals surface area contributed by atoms with Gasteiger partial charge in [-0.25, -0.2) is 0 Å². The molecule has 1 N–H and O–H groups in total. The molecular weight excluding hydrogens is 318 g/mol. The van der Waals surface area contributed by atoms with Crippen molar-refractivity contribution in [3.8, 4) is 5.75 Å². The average molecular weight is 337 g/mol. The molecule has 1 aromatic heterocycles. The van der Waals surface area contributed by atoms with Gasteiger partial charge in [0.1, 0.15) is 5.75 Å². The lowest BCUT2D eigenvalue weighted by Gasteiger charge is -2.17. The van der Waals surface area contributed by atoms with E-state index in [-0.39, 0.29) is 5.91 Å². The number of aromatic nitrogens is 2. The van der Waals surface area contributed by atoms with E-state index < -0.39 is 6.10 Å². The minimum absolute atomic E-state index is 0.199. The first-order valence-electron chi connectivity index (χ1n) is 7.13. The van der Waals surface area contributed by atoms with Gasteiger partial charge in [0.2, 0.25) is 5.13 Å². The van der Waals surface area contributed by atoms with Crippen molar-refractivity contribution in [2.75, 3.05) is 11.1 Å². The van der Waals surface area contributed by atoms with Crippen LogP contribution in [0.5, 0.6) is 5.75 Å². The fourth-order valence-electron chi connectivity index (χ4n) is 1.79. The van der Waals surface area contributed by atoms with Crippen LogP contribution in [0.1, 0.15) is 25.8 Å². The van der Waals surface area contributed by atoms with Gasteiger partial charge >= 0.3 is 0 Å². The summed E-state index contributed by atoms with van der Waals surface area (Å²) >= 11 is 2.98. The number of hydrogen-bond acceptors (Lipinski definition) is 6. The summed E-state index contributed by atoms with van der Waals surface area (Å²) in [5.74, 6) is 1.45. The smallest absolute Gasteiger partial charge is 0.267 e. The molecule has 0 aliphatic heterocycles. The Hall–Kier alpha value is -1.60. The van der Waals surface area contributed by atoms with E-state index in [0.29, 0.717) is 11.6 Å². The van der Waals surface area contributed by atoms with Crippen molar-refractivity contribution in [2.24, 2.45) is 0 Å². The van der Waals surface area contributed by atoms with Crippen LogP contribution >= 0.6 is 23.1 Å². The Morgan fingerprint density at radius 1 is 1.36 bits per heavy atom. The zero-order valence-corrected chi connectivity index (χ0v) is 14.5. The van der Waals surface area contributed by atoms with Gasteiger partial charge < -0.3 is 4.74 Å². The summed E-state index contributed by atoms with van der Waals surface area (Å²) in [4.78, 5) is 12.3. The van der Waals surface area contributed by atoms with Crippen LogP contribution in [0.2, 0.25) is 0 Å². The van der Waals surface area contributed by atoms with Gasteiger partial charge in [0.25, 0.3) is 5.91 Å². The molecule has 0 unspecified atom stereocenters. The lowest BCUT2D eigenvalue weighted by atomic mass is 10.2. The molecule has 2 aromatic rings. The maximum atomic E-state index is 12.3. The fourth-order valence-corrected chi connectivity index (χ4v) is 3.44. The number of amides is 1. The standard InChI is InChI=1S/C15H19N3O2S2/c1-4-11(20-12-9-7-6-8-10(12)3)13(19)16-14-17-18-15(22-14)21-5-2/h6-9,11H,4-5H2,1-3H3,(H,16,17,19)/t11-/m0/s1. The van der Waals surface area contributed by atoms with E-state index in [4.69, 9.17) is 4.74 Å². The minimum atomic E-state index is -0.549. The zero-order chi connectivity index (χ0) is 15.9. The van der Waals surface area contributed by atoms with Crippen molar-refractivity contribution in [3.05, 3.63) is 29.8 Å². The first-order chi connectivity index (χ1) is 10.6. The number of nitrogens with zero attached hydrogens (tertiary/aromatic N) is 2. The predicted octanol–water partition coefficient (Wildman–Crippen LogP) is 3.75. The molecule has 1 heterocycles. The molecule has 1 aromatic carbocycles. The minimum Gasteiger partial charge on any atom is -0.480 e. The third-order valence-corrected chi connectivity index (χ3v) is 4.78. The quantitative estimate of drug-likeness (QED) is 0.616. The number of carbonyl (C=O) groups is 1. The SMILES string of the molecule is CCSc1nnc(NC(=O)[C@H](CC)Oc2ccccc2C)s1. The van der Waals surface area contributed by atoms with Gasteiger partial charge in [-0.05, 0) is 30.7 Å². The zero-order valence-electron chi connectivity index (χ0n) is 12.8. The molecule has 7 heteroatoms. The average Bonchev–Trinajstić information content (AvgIpc) is 2.94. The second-order valence-corrected chi connectivity index (χ2v) is 7.06. The summed E-state index contributed by atoms with van der Waals surface area (Å²) in [5.41, 5.74) is 1.01. The van der Waals surface area contributed by atoms with E-state index in [0.717, 1.165) is 21.4 Å². The van der Waals surface area contributed by atoms with Gasteiger partial charge in [-0.15, -0.1) is 10.2 Å². The molecule has 2 rings (SSSR count).